The summed E-state index contributed by atoms with van der Waals surface area (Å²) in [6.45, 7) is 0. The third-order valence-electron chi connectivity index (χ3n) is 0.333. The molecule has 0 spiro atoms. The van der Waals surface area contributed by atoms with Gasteiger partial charge in [-0.25, -0.2) is 0 Å². The molecule has 0 saturated carbocycles. The molecule has 0 saturated heterocycles. The number of hydrogen-bond acceptors (Lipinski definition) is 1. The van der Waals surface area contributed by atoms with E-state index in [-0.39, 0.29) is 0 Å². The fourth-order valence-electron chi connectivity index (χ4n) is 0. The highest BCUT2D eigenvalue weighted by Crippen LogP contribution is 1.89. The second-order valence-electron chi connectivity index (χ2n) is 0.922. The number of halogens is 1. The van der Waals surface area contributed by atoms with Gasteiger partial charge in [0, 0.05) is 7.05 Å². The SMILES string of the molecule is CN=S(C)(=[N-])F. The Morgan fingerprint density at radius 3 is 2.00 bits per heavy atom. The third-order valence-corrected chi connectivity index (χ3v) is 1.000. The Kier molecular flexibility index (Phi) is 1.52. The summed E-state index contributed by atoms with van der Waals surface area (Å²) in [4.78, 5) is 0. The molecule has 0 rings (SSSR count). The number of nitrogens with zero attached hydrogens (tertiary/aromatic N) is 2. The van der Waals surface area contributed by atoms with Crippen LogP contribution in [0, 0.1) is 0 Å². The Hall–Kier alpha value is -0.120. The molecule has 2 nitrogen and oxygen atoms in total. The van der Waals surface area contributed by atoms with E-state index >= 15 is 0 Å². The van der Waals surface area contributed by atoms with E-state index in [9.17, 15) is 3.89 Å². The minimum Gasteiger partial charge on any atom is -0.742 e. The van der Waals surface area contributed by atoms with Gasteiger partial charge in [0.05, 0.1) is 0 Å². The maximum absolute atomic E-state index is 11.6. The lowest BCUT2D eigenvalue weighted by Gasteiger charge is -1.97. The summed E-state index contributed by atoms with van der Waals surface area (Å²) >= 11 is 0. The summed E-state index contributed by atoms with van der Waals surface area (Å²) in [5, 5.41) is 0. The van der Waals surface area contributed by atoms with Crippen molar-refractivity contribution in [3.05, 3.63) is 4.78 Å². The molecule has 0 heterocycles. The predicted octanol–water partition coefficient (Wildman–Crippen LogP) is 1.22. The van der Waals surface area contributed by atoms with Crippen LogP contribution in [0.1, 0.15) is 0 Å². The molecule has 0 aliphatic heterocycles. The first-order chi connectivity index (χ1) is 2.56. The molecule has 0 aromatic carbocycles. The second kappa shape index (κ2) is 1.55. The molecule has 1 unspecified atom stereocenters. The van der Waals surface area contributed by atoms with Crippen LogP contribution in [0.15, 0.2) is 4.36 Å². The highest BCUT2D eigenvalue weighted by atomic mass is 32.2. The molecule has 0 bridgehead atoms. The van der Waals surface area contributed by atoms with Gasteiger partial charge in [-0.1, -0.05) is 10.0 Å². The lowest BCUT2D eigenvalue weighted by atomic mass is 11.6. The van der Waals surface area contributed by atoms with Crippen molar-refractivity contribution in [3.63, 3.8) is 0 Å². The second-order valence-corrected chi connectivity index (χ2v) is 2.77. The molecule has 0 aromatic heterocycles. The summed E-state index contributed by atoms with van der Waals surface area (Å²) in [7, 11) is -1.79. The van der Waals surface area contributed by atoms with Gasteiger partial charge >= 0.3 is 0 Å². The summed E-state index contributed by atoms with van der Waals surface area (Å²) < 4.78 is 22.7. The Labute approximate surface area is 37.3 Å². The Balaban J connectivity index is 4.24. The van der Waals surface area contributed by atoms with Crippen LogP contribution in [0.25, 0.3) is 4.78 Å². The van der Waals surface area contributed by atoms with E-state index in [0.717, 1.165) is 6.26 Å². The van der Waals surface area contributed by atoms with Crippen molar-refractivity contribution in [2.24, 2.45) is 4.36 Å². The standard InChI is InChI=1S/C2H6FN2S/c1-5-6(2,3)4/h1-2H3/q-1. The van der Waals surface area contributed by atoms with Crippen LogP contribution < -0.4 is 0 Å². The largest absolute Gasteiger partial charge is 0.742 e. The summed E-state index contributed by atoms with van der Waals surface area (Å²) in [6, 6.07) is 0. The molecule has 0 amide bonds. The highest BCUT2D eigenvalue weighted by molar-refractivity contribution is 7.91. The maximum Gasteiger partial charge on any atom is 0.0348 e. The quantitative estimate of drug-likeness (QED) is 0.448. The van der Waals surface area contributed by atoms with Gasteiger partial charge in [-0.05, 0) is 6.26 Å². The molecule has 6 heavy (non-hydrogen) atoms. The molecule has 0 aliphatic carbocycles. The van der Waals surface area contributed by atoms with Crippen molar-refractivity contribution in [2.75, 3.05) is 13.3 Å². The van der Waals surface area contributed by atoms with Gasteiger partial charge in [-0.15, -0.1) is 0 Å². The first-order valence-corrected chi connectivity index (χ1v) is 3.23. The summed E-state index contributed by atoms with van der Waals surface area (Å²) in [6.07, 6.45) is 1.05. The molecule has 0 aliphatic rings. The molecule has 0 fully saturated rings. The van der Waals surface area contributed by atoms with Crippen molar-refractivity contribution in [2.45, 2.75) is 0 Å². The Bertz CT molecular complexity index is 124. The van der Waals surface area contributed by atoms with Crippen molar-refractivity contribution in [1.29, 1.82) is 0 Å². The van der Waals surface area contributed by atoms with Gasteiger partial charge in [0.2, 0.25) is 0 Å². The van der Waals surface area contributed by atoms with Crippen LogP contribution in [0.5, 0.6) is 0 Å². The molecular weight excluding hydrogens is 103 g/mol. The van der Waals surface area contributed by atoms with E-state index in [2.05, 4.69) is 4.36 Å². The molecule has 4 heteroatoms. The van der Waals surface area contributed by atoms with E-state index in [1.54, 1.807) is 0 Å². The van der Waals surface area contributed by atoms with Crippen LogP contribution in [0.2, 0.25) is 0 Å². The summed E-state index contributed by atoms with van der Waals surface area (Å²) in [5.74, 6) is 0. The van der Waals surface area contributed by atoms with Crippen LogP contribution >= 0.6 is 0 Å². The molecule has 0 N–H and O–H groups in total. The van der Waals surface area contributed by atoms with Crippen LogP contribution in [-0.2, 0) is 10.0 Å². The first-order valence-electron chi connectivity index (χ1n) is 1.37. The minimum absolute atomic E-state index is 1.05. The van der Waals surface area contributed by atoms with Crippen molar-refractivity contribution in [3.8, 4) is 0 Å². The van der Waals surface area contributed by atoms with E-state index in [1.807, 2.05) is 0 Å². The van der Waals surface area contributed by atoms with Crippen LogP contribution in [-0.4, -0.2) is 13.3 Å². The van der Waals surface area contributed by atoms with Crippen LogP contribution in [0.4, 0.5) is 3.89 Å². The van der Waals surface area contributed by atoms with Gasteiger partial charge in [-0.3, -0.25) is 4.36 Å². The summed E-state index contributed by atoms with van der Waals surface area (Å²) in [5.41, 5.74) is 0. The van der Waals surface area contributed by atoms with Crippen LogP contribution in [0.3, 0.4) is 0 Å². The average molecular weight is 109 g/mol. The first kappa shape index (κ1) is 5.88. The zero-order valence-corrected chi connectivity index (χ0v) is 4.50. The van der Waals surface area contributed by atoms with E-state index in [1.165, 1.54) is 7.05 Å². The third kappa shape index (κ3) is 3.88. The fourth-order valence-corrected chi connectivity index (χ4v) is 0. The van der Waals surface area contributed by atoms with Crippen molar-refractivity contribution >= 4 is 10.0 Å². The number of hydrogen-bond donors (Lipinski definition) is 0. The van der Waals surface area contributed by atoms with Gasteiger partial charge in [0.25, 0.3) is 0 Å². The maximum atomic E-state index is 11.6. The molecule has 0 radical (unpaired) electrons. The zero-order chi connectivity index (χ0) is 5.21. The van der Waals surface area contributed by atoms with E-state index in [4.69, 9.17) is 4.78 Å². The average Bonchev–Trinajstić information content (AvgIpc) is 1.35. The van der Waals surface area contributed by atoms with Gasteiger partial charge in [0.1, 0.15) is 0 Å². The fraction of sp³-hybridized carbons (Fsp3) is 1.00. The normalized spacial score (nSPS) is 19.2. The topological polar surface area (TPSA) is 34.7 Å². The lowest BCUT2D eigenvalue weighted by molar-refractivity contribution is 0.916. The van der Waals surface area contributed by atoms with Gasteiger partial charge < -0.3 is 4.78 Å². The smallest absolute Gasteiger partial charge is 0.0348 e. The minimum atomic E-state index is -3.04. The van der Waals surface area contributed by atoms with E-state index in [0.29, 0.717) is 0 Å². The molecule has 38 valence electrons. The Morgan fingerprint density at radius 1 is 1.83 bits per heavy atom. The molecule has 1 atom stereocenters. The van der Waals surface area contributed by atoms with E-state index < -0.39 is 10.0 Å². The van der Waals surface area contributed by atoms with Gasteiger partial charge in [0.15, 0.2) is 0 Å². The monoisotopic (exact) mass is 109 g/mol. The van der Waals surface area contributed by atoms with Crippen molar-refractivity contribution < 1.29 is 3.89 Å². The van der Waals surface area contributed by atoms with Crippen molar-refractivity contribution in [1.82, 2.24) is 0 Å². The zero-order valence-electron chi connectivity index (χ0n) is 3.68. The lowest BCUT2D eigenvalue weighted by Crippen LogP contribution is -1.75. The molecule has 0 aromatic rings. The molecular formula is C2H6FN2S-. The predicted molar refractivity (Wildman–Crippen MR) is 26.1 cm³/mol. The number of rotatable bonds is 0. The highest BCUT2D eigenvalue weighted by Gasteiger charge is 1.65. The Morgan fingerprint density at radius 2 is 2.00 bits per heavy atom. The van der Waals surface area contributed by atoms with Gasteiger partial charge in [-0.2, -0.15) is 3.89 Å².